The number of hydrogen-bond acceptors (Lipinski definition) is 3. The monoisotopic (exact) mass is 372 g/mol. The van der Waals surface area contributed by atoms with Crippen LogP contribution in [0.25, 0.3) is 10.2 Å². The van der Waals surface area contributed by atoms with Crippen LogP contribution in [0.3, 0.4) is 0 Å². The summed E-state index contributed by atoms with van der Waals surface area (Å²) in [4.78, 5) is 4.28. The van der Waals surface area contributed by atoms with Crippen LogP contribution in [0, 0.1) is 0 Å². The molecule has 0 bridgehead atoms. The molecule has 0 fully saturated rings. The summed E-state index contributed by atoms with van der Waals surface area (Å²) in [6, 6.07) is 11.0. The van der Waals surface area contributed by atoms with Crippen molar-refractivity contribution in [2.45, 2.75) is 6.18 Å². The Morgan fingerprint density at radius 3 is 2.43 bits per heavy atom. The van der Waals surface area contributed by atoms with Gasteiger partial charge in [-0.15, -0.1) is 0 Å². The number of nitrogens with zero attached hydrogens (tertiary/aromatic N) is 1. The highest BCUT2D eigenvalue weighted by atomic mass is 79.9. The number of benzene rings is 2. The Hall–Kier alpha value is -1.60. The molecule has 3 aromatic rings. The van der Waals surface area contributed by atoms with Crippen molar-refractivity contribution in [3.8, 4) is 0 Å². The lowest BCUT2D eigenvalue weighted by molar-refractivity contribution is -0.137. The number of hydrogen-bond donors (Lipinski definition) is 1. The SMILES string of the molecule is FC(F)(F)c1ccc2nc(Nc3ccc(Br)cc3)sc2c1. The minimum atomic E-state index is -4.34. The van der Waals surface area contributed by atoms with E-state index in [-0.39, 0.29) is 0 Å². The molecule has 0 amide bonds. The maximum absolute atomic E-state index is 12.7. The van der Waals surface area contributed by atoms with Gasteiger partial charge >= 0.3 is 6.18 Å². The van der Waals surface area contributed by atoms with E-state index in [9.17, 15) is 13.2 Å². The quantitative estimate of drug-likeness (QED) is 0.612. The van der Waals surface area contributed by atoms with Crippen LogP contribution in [0.15, 0.2) is 46.9 Å². The number of nitrogens with one attached hydrogen (secondary N) is 1. The van der Waals surface area contributed by atoms with Gasteiger partial charge in [-0.25, -0.2) is 4.98 Å². The Balaban J connectivity index is 1.92. The predicted molar refractivity (Wildman–Crippen MR) is 82.0 cm³/mol. The van der Waals surface area contributed by atoms with E-state index in [2.05, 4.69) is 26.2 Å². The van der Waals surface area contributed by atoms with Crippen molar-refractivity contribution < 1.29 is 13.2 Å². The zero-order valence-electron chi connectivity index (χ0n) is 10.4. The van der Waals surface area contributed by atoms with Crippen LogP contribution in [-0.2, 0) is 6.18 Å². The highest BCUT2D eigenvalue weighted by Gasteiger charge is 2.30. The molecule has 2 nitrogen and oxygen atoms in total. The van der Waals surface area contributed by atoms with Crippen molar-refractivity contribution in [2.24, 2.45) is 0 Å². The van der Waals surface area contributed by atoms with Gasteiger partial charge in [0.2, 0.25) is 0 Å². The van der Waals surface area contributed by atoms with Gasteiger partial charge in [-0.1, -0.05) is 27.3 Å². The summed E-state index contributed by atoms with van der Waals surface area (Å²) < 4.78 is 39.5. The van der Waals surface area contributed by atoms with Crippen LogP contribution in [-0.4, -0.2) is 4.98 Å². The molecule has 7 heteroatoms. The maximum Gasteiger partial charge on any atom is 0.416 e. The second kappa shape index (κ2) is 5.31. The molecule has 2 aromatic carbocycles. The molecule has 0 spiro atoms. The van der Waals surface area contributed by atoms with E-state index >= 15 is 0 Å². The number of anilines is 2. The van der Waals surface area contributed by atoms with E-state index in [1.165, 1.54) is 17.4 Å². The van der Waals surface area contributed by atoms with Gasteiger partial charge in [-0.05, 0) is 42.5 Å². The molecule has 0 aliphatic heterocycles. The molecular formula is C14H8BrF3N2S. The summed E-state index contributed by atoms with van der Waals surface area (Å²) in [5.41, 5.74) is 0.717. The Kier molecular flexibility index (Phi) is 3.62. The van der Waals surface area contributed by atoms with E-state index in [1.807, 2.05) is 24.3 Å². The lowest BCUT2D eigenvalue weighted by Gasteiger charge is -2.04. The molecule has 0 aliphatic carbocycles. The van der Waals surface area contributed by atoms with E-state index in [4.69, 9.17) is 0 Å². The highest BCUT2D eigenvalue weighted by Crippen LogP contribution is 2.35. The number of alkyl halides is 3. The zero-order valence-corrected chi connectivity index (χ0v) is 12.8. The normalized spacial score (nSPS) is 11.8. The third kappa shape index (κ3) is 3.19. The lowest BCUT2D eigenvalue weighted by Crippen LogP contribution is -2.03. The Labute approximate surface area is 130 Å². The Morgan fingerprint density at radius 2 is 1.76 bits per heavy atom. The predicted octanol–water partition coefficient (Wildman–Crippen LogP) is 5.82. The molecule has 0 radical (unpaired) electrons. The second-order valence-electron chi connectivity index (χ2n) is 4.33. The summed E-state index contributed by atoms with van der Waals surface area (Å²) in [5, 5.41) is 3.65. The second-order valence-corrected chi connectivity index (χ2v) is 6.28. The van der Waals surface area contributed by atoms with Crippen LogP contribution in [0.5, 0.6) is 0 Å². The molecule has 0 aliphatic rings. The number of thiazole rings is 1. The topological polar surface area (TPSA) is 24.9 Å². The van der Waals surface area contributed by atoms with E-state index in [1.54, 1.807) is 0 Å². The van der Waals surface area contributed by atoms with Crippen LogP contribution in [0.1, 0.15) is 5.56 Å². The van der Waals surface area contributed by atoms with Crippen molar-refractivity contribution in [2.75, 3.05) is 5.32 Å². The van der Waals surface area contributed by atoms with Gasteiger partial charge in [0.05, 0.1) is 15.8 Å². The fourth-order valence-electron chi connectivity index (χ4n) is 1.81. The smallest absolute Gasteiger partial charge is 0.332 e. The molecule has 0 saturated heterocycles. The first-order valence-electron chi connectivity index (χ1n) is 5.92. The van der Waals surface area contributed by atoms with Crippen molar-refractivity contribution in [1.29, 1.82) is 0 Å². The first-order chi connectivity index (χ1) is 9.91. The molecule has 0 saturated carbocycles. The minimum Gasteiger partial charge on any atom is -0.332 e. The summed E-state index contributed by atoms with van der Waals surface area (Å²) in [6.07, 6.45) is -4.34. The standard InChI is InChI=1S/C14H8BrF3N2S/c15-9-2-4-10(5-3-9)19-13-20-11-6-1-8(14(16,17)18)7-12(11)21-13/h1-7H,(H,19,20). The summed E-state index contributed by atoms with van der Waals surface area (Å²) in [6.45, 7) is 0. The van der Waals surface area contributed by atoms with Crippen LogP contribution in [0.2, 0.25) is 0 Å². The van der Waals surface area contributed by atoms with Gasteiger partial charge < -0.3 is 5.32 Å². The molecular weight excluding hydrogens is 365 g/mol. The maximum atomic E-state index is 12.7. The number of fused-ring (bicyclic) bond motifs is 1. The summed E-state index contributed by atoms with van der Waals surface area (Å²) in [5.74, 6) is 0. The number of aromatic nitrogens is 1. The zero-order chi connectivity index (χ0) is 15.0. The van der Waals surface area contributed by atoms with E-state index in [0.29, 0.717) is 15.3 Å². The largest absolute Gasteiger partial charge is 0.416 e. The lowest BCUT2D eigenvalue weighted by atomic mass is 10.2. The summed E-state index contributed by atoms with van der Waals surface area (Å²) >= 11 is 4.53. The van der Waals surface area contributed by atoms with Gasteiger partial charge in [0, 0.05) is 10.2 Å². The molecule has 3 rings (SSSR count). The van der Waals surface area contributed by atoms with Crippen molar-refractivity contribution in [1.82, 2.24) is 4.98 Å². The van der Waals surface area contributed by atoms with Crippen molar-refractivity contribution in [3.05, 3.63) is 52.5 Å². The third-order valence-electron chi connectivity index (χ3n) is 2.81. The van der Waals surface area contributed by atoms with E-state index < -0.39 is 11.7 Å². The highest BCUT2D eigenvalue weighted by molar-refractivity contribution is 9.10. The van der Waals surface area contributed by atoms with Crippen LogP contribution >= 0.6 is 27.3 Å². The average molecular weight is 373 g/mol. The average Bonchev–Trinajstić information content (AvgIpc) is 2.81. The molecule has 0 unspecified atom stereocenters. The number of halogens is 4. The molecule has 108 valence electrons. The fourth-order valence-corrected chi connectivity index (χ4v) is 3.00. The van der Waals surface area contributed by atoms with Gasteiger partial charge in [-0.3, -0.25) is 0 Å². The van der Waals surface area contributed by atoms with Crippen LogP contribution in [0.4, 0.5) is 24.0 Å². The fraction of sp³-hybridized carbons (Fsp3) is 0.0714. The molecule has 0 atom stereocenters. The molecule has 1 heterocycles. The molecule has 1 N–H and O–H groups in total. The van der Waals surface area contributed by atoms with Gasteiger partial charge in [0.15, 0.2) is 5.13 Å². The van der Waals surface area contributed by atoms with Crippen molar-refractivity contribution >= 4 is 48.3 Å². The Morgan fingerprint density at radius 1 is 1.05 bits per heavy atom. The third-order valence-corrected chi connectivity index (χ3v) is 4.27. The minimum absolute atomic E-state index is 0.504. The number of rotatable bonds is 2. The Bertz CT molecular complexity index is 781. The van der Waals surface area contributed by atoms with Crippen LogP contribution < -0.4 is 5.32 Å². The summed E-state index contributed by atoms with van der Waals surface area (Å²) in [7, 11) is 0. The van der Waals surface area contributed by atoms with Gasteiger partial charge in [0.25, 0.3) is 0 Å². The molecule has 1 aromatic heterocycles. The molecule has 21 heavy (non-hydrogen) atoms. The van der Waals surface area contributed by atoms with E-state index in [0.717, 1.165) is 22.3 Å². The van der Waals surface area contributed by atoms with Crippen molar-refractivity contribution in [3.63, 3.8) is 0 Å². The van der Waals surface area contributed by atoms with Gasteiger partial charge in [0.1, 0.15) is 0 Å². The first kappa shape index (κ1) is 14.3. The van der Waals surface area contributed by atoms with Gasteiger partial charge in [-0.2, -0.15) is 13.2 Å². The first-order valence-corrected chi connectivity index (χ1v) is 7.53.